The zero-order valence-corrected chi connectivity index (χ0v) is 15.0. The molecule has 0 aliphatic carbocycles. The molecule has 0 spiro atoms. The molecule has 1 aromatic heterocycles. The van der Waals surface area contributed by atoms with Crippen molar-refractivity contribution in [1.82, 2.24) is 9.97 Å². The standard InChI is InChI=1S/C24H16N4/c25-16-21-22(17-26)28-23(27-21)24(18-10-4-1-5-11-18,19-12-6-2-7-13-19)20-14-8-3-9-15-20/h1-15H,(H,27,28). The molecule has 132 valence electrons. The second-order valence-corrected chi connectivity index (χ2v) is 6.38. The molecule has 0 amide bonds. The topological polar surface area (TPSA) is 76.3 Å². The number of hydrogen-bond acceptors (Lipinski definition) is 3. The highest BCUT2D eigenvalue weighted by Crippen LogP contribution is 2.43. The van der Waals surface area contributed by atoms with Crippen molar-refractivity contribution < 1.29 is 0 Å². The molecule has 0 saturated heterocycles. The quantitative estimate of drug-likeness (QED) is 0.543. The maximum absolute atomic E-state index is 9.47. The van der Waals surface area contributed by atoms with Gasteiger partial charge in [0.15, 0.2) is 11.4 Å². The van der Waals surface area contributed by atoms with Crippen LogP contribution in [0.4, 0.5) is 0 Å². The Labute approximate surface area is 163 Å². The summed E-state index contributed by atoms with van der Waals surface area (Å²) in [7, 11) is 0. The Bertz CT molecular complexity index is 1040. The smallest absolute Gasteiger partial charge is 0.176 e. The van der Waals surface area contributed by atoms with Gasteiger partial charge in [0.1, 0.15) is 23.4 Å². The van der Waals surface area contributed by atoms with E-state index in [0.717, 1.165) is 16.7 Å². The van der Waals surface area contributed by atoms with Gasteiger partial charge in [0.25, 0.3) is 0 Å². The maximum atomic E-state index is 9.47. The number of aromatic amines is 1. The molecule has 4 aromatic rings. The Kier molecular flexibility index (Phi) is 4.46. The van der Waals surface area contributed by atoms with Crippen molar-refractivity contribution in [2.75, 3.05) is 0 Å². The minimum absolute atomic E-state index is 0.102. The van der Waals surface area contributed by atoms with Crippen molar-refractivity contribution in [2.24, 2.45) is 0 Å². The van der Waals surface area contributed by atoms with Crippen LogP contribution in [0.25, 0.3) is 0 Å². The van der Waals surface area contributed by atoms with Crippen molar-refractivity contribution >= 4 is 0 Å². The van der Waals surface area contributed by atoms with E-state index < -0.39 is 5.41 Å². The van der Waals surface area contributed by atoms with Crippen molar-refractivity contribution in [3.63, 3.8) is 0 Å². The van der Waals surface area contributed by atoms with Crippen molar-refractivity contribution in [3.05, 3.63) is 125 Å². The average Bonchev–Trinajstić information content (AvgIpc) is 3.20. The van der Waals surface area contributed by atoms with Gasteiger partial charge in [-0.05, 0) is 16.7 Å². The van der Waals surface area contributed by atoms with Gasteiger partial charge in [-0.2, -0.15) is 10.5 Å². The van der Waals surface area contributed by atoms with E-state index in [0.29, 0.717) is 5.82 Å². The summed E-state index contributed by atoms with van der Waals surface area (Å²) >= 11 is 0. The van der Waals surface area contributed by atoms with Crippen molar-refractivity contribution in [2.45, 2.75) is 5.41 Å². The van der Waals surface area contributed by atoms with Gasteiger partial charge in [-0.15, -0.1) is 0 Å². The lowest BCUT2D eigenvalue weighted by molar-refractivity contribution is 0.691. The number of nitrogens with one attached hydrogen (secondary N) is 1. The molecule has 0 radical (unpaired) electrons. The van der Waals surface area contributed by atoms with E-state index in [4.69, 9.17) is 0 Å². The van der Waals surface area contributed by atoms with Gasteiger partial charge in [-0.25, -0.2) is 4.98 Å². The summed E-state index contributed by atoms with van der Waals surface area (Å²) in [5.41, 5.74) is 2.47. The first-order chi connectivity index (χ1) is 13.8. The number of nitriles is 2. The molecule has 28 heavy (non-hydrogen) atoms. The third-order valence-corrected chi connectivity index (χ3v) is 4.90. The molecule has 0 atom stereocenters. The summed E-state index contributed by atoms with van der Waals surface area (Å²) in [5, 5.41) is 18.9. The summed E-state index contributed by atoms with van der Waals surface area (Å²) in [6.45, 7) is 0. The Morgan fingerprint density at radius 3 is 1.39 bits per heavy atom. The van der Waals surface area contributed by atoms with Gasteiger partial charge in [0.05, 0.1) is 0 Å². The predicted octanol–water partition coefficient (Wildman–Crippen LogP) is 4.54. The molecule has 3 aromatic carbocycles. The van der Waals surface area contributed by atoms with E-state index in [1.165, 1.54) is 0 Å². The number of rotatable bonds is 4. The molecule has 1 heterocycles. The summed E-state index contributed by atoms with van der Waals surface area (Å²) < 4.78 is 0. The normalized spacial score (nSPS) is 10.8. The van der Waals surface area contributed by atoms with Crippen LogP contribution in [0, 0.1) is 22.7 Å². The molecule has 0 saturated carbocycles. The van der Waals surface area contributed by atoms with Crippen LogP contribution < -0.4 is 0 Å². The summed E-state index contributed by atoms with van der Waals surface area (Å²) in [5.74, 6) is 0.546. The van der Waals surface area contributed by atoms with Gasteiger partial charge in [-0.1, -0.05) is 91.0 Å². The first kappa shape index (κ1) is 17.3. The molecule has 0 aliphatic heterocycles. The molecule has 0 aliphatic rings. The number of imidazole rings is 1. The van der Waals surface area contributed by atoms with Gasteiger partial charge in [-0.3, -0.25) is 0 Å². The van der Waals surface area contributed by atoms with Crippen LogP contribution in [0.3, 0.4) is 0 Å². The van der Waals surface area contributed by atoms with E-state index in [2.05, 4.69) is 16.0 Å². The number of H-pyrrole nitrogens is 1. The third kappa shape index (κ3) is 2.65. The lowest BCUT2D eigenvalue weighted by atomic mass is 9.69. The molecule has 0 unspecified atom stereocenters. The van der Waals surface area contributed by atoms with E-state index in [-0.39, 0.29) is 11.4 Å². The molecule has 4 heteroatoms. The zero-order valence-electron chi connectivity index (χ0n) is 15.0. The number of nitrogens with zero attached hydrogens (tertiary/aromatic N) is 3. The Morgan fingerprint density at radius 1 is 0.643 bits per heavy atom. The van der Waals surface area contributed by atoms with E-state index in [1.807, 2.05) is 97.1 Å². The first-order valence-electron chi connectivity index (χ1n) is 8.88. The predicted molar refractivity (Wildman–Crippen MR) is 106 cm³/mol. The second kappa shape index (κ2) is 7.23. The molecule has 4 rings (SSSR count). The number of hydrogen-bond donors (Lipinski definition) is 1. The lowest BCUT2D eigenvalue weighted by Gasteiger charge is -2.34. The zero-order chi connectivity index (χ0) is 19.4. The summed E-state index contributed by atoms with van der Waals surface area (Å²) in [6, 6.07) is 34.1. The van der Waals surface area contributed by atoms with Crippen LogP contribution >= 0.6 is 0 Å². The lowest BCUT2D eigenvalue weighted by Crippen LogP contribution is -2.32. The SMILES string of the molecule is N#Cc1nc(C(c2ccccc2)(c2ccccc2)c2ccccc2)[nH]c1C#N. The minimum atomic E-state index is -0.787. The van der Waals surface area contributed by atoms with Gasteiger partial charge >= 0.3 is 0 Å². The summed E-state index contributed by atoms with van der Waals surface area (Å²) in [4.78, 5) is 7.69. The largest absolute Gasteiger partial charge is 0.331 e. The Morgan fingerprint density at radius 2 is 1.07 bits per heavy atom. The molecule has 1 N–H and O–H groups in total. The van der Waals surface area contributed by atoms with Gasteiger partial charge in [0, 0.05) is 0 Å². The molecule has 0 fully saturated rings. The molecule has 0 bridgehead atoms. The molecular weight excluding hydrogens is 344 g/mol. The Hall–Kier alpha value is -4.15. The fourth-order valence-corrected chi connectivity index (χ4v) is 3.69. The van der Waals surface area contributed by atoms with E-state index in [1.54, 1.807) is 0 Å². The van der Waals surface area contributed by atoms with Crippen LogP contribution in [-0.2, 0) is 5.41 Å². The van der Waals surface area contributed by atoms with Gasteiger partial charge in [0.2, 0.25) is 0 Å². The number of aromatic nitrogens is 2. The minimum Gasteiger partial charge on any atom is -0.331 e. The fourth-order valence-electron chi connectivity index (χ4n) is 3.69. The van der Waals surface area contributed by atoms with E-state index in [9.17, 15) is 10.5 Å². The van der Waals surface area contributed by atoms with Crippen molar-refractivity contribution in [1.29, 1.82) is 10.5 Å². The van der Waals surface area contributed by atoms with E-state index >= 15 is 0 Å². The second-order valence-electron chi connectivity index (χ2n) is 6.38. The number of benzene rings is 3. The fraction of sp³-hybridized carbons (Fsp3) is 0.0417. The maximum Gasteiger partial charge on any atom is 0.176 e. The monoisotopic (exact) mass is 360 g/mol. The first-order valence-corrected chi connectivity index (χ1v) is 8.88. The molecule has 4 nitrogen and oxygen atoms in total. The average molecular weight is 360 g/mol. The van der Waals surface area contributed by atoms with Crippen LogP contribution in [0.2, 0.25) is 0 Å². The molecular formula is C24H16N4. The Balaban J connectivity index is 2.16. The van der Waals surface area contributed by atoms with Crippen LogP contribution in [0.15, 0.2) is 91.0 Å². The third-order valence-electron chi connectivity index (χ3n) is 4.90. The van der Waals surface area contributed by atoms with Crippen LogP contribution in [-0.4, -0.2) is 9.97 Å². The van der Waals surface area contributed by atoms with Crippen LogP contribution in [0.1, 0.15) is 33.9 Å². The van der Waals surface area contributed by atoms with Crippen LogP contribution in [0.5, 0.6) is 0 Å². The summed E-state index contributed by atoms with van der Waals surface area (Å²) in [6.07, 6.45) is 0. The van der Waals surface area contributed by atoms with Gasteiger partial charge < -0.3 is 4.98 Å². The van der Waals surface area contributed by atoms with Crippen molar-refractivity contribution in [3.8, 4) is 12.1 Å². The highest BCUT2D eigenvalue weighted by Gasteiger charge is 2.41. The highest BCUT2D eigenvalue weighted by atomic mass is 15.0. The highest BCUT2D eigenvalue weighted by molar-refractivity contribution is 5.57.